The van der Waals surface area contributed by atoms with E-state index in [1.54, 1.807) is 31.4 Å². The number of anilines is 1. The number of nitrogens with zero attached hydrogens (tertiary/aromatic N) is 1. The van der Waals surface area contributed by atoms with Crippen LogP contribution in [0.3, 0.4) is 0 Å². The Morgan fingerprint density at radius 3 is 2.52 bits per heavy atom. The number of rotatable bonds is 8. The van der Waals surface area contributed by atoms with Crippen molar-refractivity contribution >= 4 is 28.9 Å². The van der Waals surface area contributed by atoms with Crippen LogP contribution in [0, 0.1) is 0 Å². The number of carbonyl (C=O) groups is 3. The number of ketones is 2. The summed E-state index contributed by atoms with van der Waals surface area (Å²) in [4.78, 5) is 41.5. The second kappa shape index (κ2) is 10.4. The minimum atomic E-state index is -0.202. The predicted molar refractivity (Wildman–Crippen MR) is 128 cm³/mol. The molecule has 1 amide bonds. The van der Waals surface area contributed by atoms with Crippen LogP contribution in [0.5, 0.6) is 5.75 Å². The number of hydrogen-bond donors (Lipinski definition) is 1. The fourth-order valence-electron chi connectivity index (χ4n) is 4.38. The summed E-state index contributed by atoms with van der Waals surface area (Å²) >= 11 is 0. The first-order valence-corrected chi connectivity index (χ1v) is 11.4. The van der Waals surface area contributed by atoms with Gasteiger partial charge in [0.1, 0.15) is 12.3 Å². The predicted octanol–water partition coefficient (Wildman–Crippen LogP) is 4.73. The van der Waals surface area contributed by atoms with Crippen LogP contribution >= 0.6 is 0 Å². The molecule has 170 valence electrons. The molecule has 0 fully saturated rings. The molecule has 1 N–H and O–H groups in total. The summed E-state index contributed by atoms with van der Waals surface area (Å²) in [5, 5.41) is 2.89. The van der Waals surface area contributed by atoms with Gasteiger partial charge in [0.2, 0.25) is 5.91 Å². The highest BCUT2D eigenvalue weighted by Crippen LogP contribution is 2.30. The van der Waals surface area contributed by atoms with Gasteiger partial charge in [-0.05, 0) is 73.2 Å². The first-order chi connectivity index (χ1) is 16.0. The third kappa shape index (κ3) is 5.64. The van der Waals surface area contributed by atoms with Gasteiger partial charge in [0.15, 0.2) is 11.6 Å². The Labute approximate surface area is 193 Å². The summed E-state index contributed by atoms with van der Waals surface area (Å²) in [6, 6.07) is 14.6. The molecule has 0 saturated heterocycles. The summed E-state index contributed by atoms with van der Waals surface area (Å²) < 4.78 is 5.10. The van der Waals surface area contributed by atoms with Gasteiger partial charge >= 0.3 is 0 Å². The fourth-order valence-corrected chi connectivity index (χ4v) is 4.38. The molecule has 0 unspecified atom stereocenters. The van der Waals surface area contributed by atoms with E-state index in [2.05, 4.69) is 10.3 Å². The van der Waals surface area contributed by atoms with Crippen LogP contribution in [0.1, 0.15) is 54.4 Å². The number of allylic oxidation sites excluding steroid dienone is 1. The molecule has 2 aliphatic rings. The zero-order chi connectivity index (χ0) is 23.2. The Morgan fingerprint density at radius 1 is 1.00 bits per heavy atom. The lowest BCUT2D eigenvalue weighted by atomic mass is 9.83. The van der Waals surface area contributed by atoms with Crippen molar-refractivity contribution in [2.24, 2.45) is 4.99 Å². The minimum absolute atomic E-state index is 0.0806. The summed E-state index contributed by atoms with van der Waals surface area (Å²) in [5.41, 5.74) is 5.39. The van der Waals surface area contributed by atoms with Crippen molar-refractivity contribution in [3.05, 3.63) is 70.8 Å². The van der Waals surface area contributed by atoms with Crippen molar-refractivity contribution in [2.75, 3.05) is 19.0 Å². The highest BCUT2D eigenvalue weighted by molar-refractivity contribution is 6.14. The van der Waals surface area contributed by atoms with E-state index in [-0.39, 0.29) is 36.9 Å². The lowest BCUT2D eigenvalue weighted by molar-refractivity contribution is -0.116. The summed E-state index contributed by atoms with van der Waals surface area (Å²) in [6.45, 7) is 0.243. The number of carbonyl (C=O) groups excluding carboxylic acids is 3. The monoisotopic (exact) mass is 444 g/mol. The van der Waals surface area contributed by atoms with E-state index in [9.17, 15) is 14.4 Å². The number of benzene rings is 2. The van der Waals surface area contributed by atoms with Crippen LogP contribution < -0.4 is 10.1 Å². The van der Waals surface area contributed by atoms with E-state index < -0.39 is 0 Å². The van der Waals surface area contributed by atoms with Crippen LogP contribution in [0.15, 0.2) is 64.7 Å². The zero-order valence-electron chi connectivity index (χ0n) is 18.9. The zero-order valence-corrected chi connectivity index (χ0v) is 18.9. The molecule has 1 heterocycles. The number of Topliss-reactive ketones (excluding diaryl/α,β-unsaturated/α-hetero) is 2. The van der Waals surface area contributed by atoms with Gasteiger partial charge in [-0.1, -0.05) is 12.1 Å². The highest BCUT2D eigenvalue weighted by Gasteiger charge is 2.25. The largest absolute Gasteiger partial charge is 0.497 e. The summed E-state index contributed by atoms with van der Waals surface area (Å²) in [5.74, 6) is 0.569. The maximum Gasteiger partial charge on any atom is 0.224 e. The maximum atomic E-state index is 12.4. The molecule has 6 nitrogen and oxygen atoms in total. The molecule has 2 aromatic rings. The standard InChI is InChI=1S/C27H28N2O4/c1-33-21-11-9-19(10-12-21)25(30)13-14-27(32)29-20-6-4-5-18(15-20)16-24-22-7-2-3-8-23(22)26(31)17-28-24/h4-6,9-12,15H,2-3,7-8,13-14,16-17H2,1H3,(H,29,32). The molecule has 0 bridgehead atoms. The van der Waals surface area contributed by atoms with Crippen molar-refractivity contribution in [1.82, 2.24) is 0 Å². The number of hydrogen-bond acceptors (Lipinski definition) is 5. The highest BCUT2D eigenvalue weighted by atomic mass is 16.5. The number of nitrogens with one attached hydrogen (secondary N) is 1. The number of dihydropyridines is 1. The van der Waals surface area contributed by atoms with E-state index in [4.69, 9.17) is 4.74 Å². The fraction of sp³-hybridized carbons (Fsp3) is 0.333. The molecule has 0 radical (unpaired) electrons. The van der Waals surface area contributed by atoms with E-state index in [1.165, 1.54) is 0 Å². The molecule has 0 saturated carbocycles. The second-order valence-corrected chi connectivity index (χ2v) is 8.43. The molecule has 0 aromatic heterocycles. The summed E-state index contributed by atoms with van der Waals surface area (Å²) in [6.07, 6.45) is 4.83. The Hall–Kier alpha value is -3.54. The molecule has 6 heteroatoms. The van der Waals surface area contributed by atoms with Crippen LogP contribution in [-0.2, 0) is 16.0 Å². The van der Waals surface area contributed by atoms with Crippen molar-refractivity contribution < 1.29 is 19.1 Å². The lowest BCUT2D eigenvalue weighted by Gasteiger charge is -2.24. The summed E-state index contributed by atoms with van der Waals surface area (Å²) in [7, 11) is 1.57. The average molecular weight is 445 g/mol. The van der Waals surface area contributed by atoms with Crippen LogP contribution in [0.4, 0.5) is 5.69 Å². The minimum Gasteiger partial charge on any atom is -0.497 e. The normalized spacial score (nSPS) is 15.5. The molecule has 4 rings (SSSR count). The third-order valence-corrected chi connectivity index (χ3v) is 6.14. The molecule has 2 aromatic carbocycles. The Morgan fingerprint density at radius 2 is 1.76 bits per heavy atom. The molecule has 0 atom stereocenters. The van der Waals surface area contributed by atoms with Gasteiger partial charge in [0, 0.05) is 41.8 Å². The Bertz CT molecular complexity index is 1130. The Kier molecular flexibility index (Phi) is 7.13. The molecular weight excluding hydrogens is 416 g/mol. The topological polar surface area (TPSA) is 84.8 Å². The van der Waals surface area contributed by atoms with Gasteiger partial charge in [-0.3, -0.25) is 19.4 Å². The van der Waals surface area contributed by atoms with Crippen LogP contribution in [-0.4, -0.2) is 36.8 Å². The quantitative estimate of drug-likeness (QED) is 0.597. The van der Waals surface area contributed by atoms with E-state index in [0.717, 1.165) is 48.1 Å². The van der Waals surface area contributed by atoms with Gasteiger partial charge in [0.05, 0.1) is 7.11 Å². The maximum absolute atomic E-state index is 12.4. The number of ether oxygens (including phenoxy) is 1. The van der Waals surface area contributed by atoms with E-state index in [1.807, 2.05) is 24.3 Å². The number of aliphatic imine (C=N–C) groups is 1. The van der Waals surface area contributed by atoms with Gasteiger partial charge in [-0.15, -0.1) is 0 Å². The van der Waals surface area contributed by atoms with Crippen LogP contribution in [0.25, 0.3) is 0 Å². The van der Waals surface area contributed by atoms with Gasteiger partial charge in [0.25, 0.3) is 0 Å². The van der Waals surface area contributed by atoms with Crippen molar-refractivity contribution in [3.8, 4) is 5.75 Å². The van der Waals surface area contributed by atoms with Gasteiger partial charge in [-0.2, -0.15) is 0 Å². The molecule has 1 aliphatic carbocycles. The molecule has 33 heavy (non-hydrogen) atoms. The van der Waals surface area contributed by atoms with Gasteiger partial charge < -0.3 is 10.1 Å². The molecule has 0 spiro atoms. The SMILES string of the molecule is COc1ccc(C(=O)CCC(=O)Nc2cccc(CC3=NCC(=O)C4=C3CCCC4)c2)cc1. The second-order valence-electron chi connectivity index (χ2n) is 8.43. The molecule has 1 aliphatic heterocycles. The first kappa shape index (κ1) is 22.6. The number of methoxy groups -OCH3 is 1. The van der Waals surface area contributed by atoms with Crippen molar-refractivity contribution in [2.45, 2.75) is 44.9 Å². The van der Waals surface area contributed by atoms with E-state index in [0.29, 0.717) is 23.4 Å². The average Bonchev–Trinajstić information content (AvgIpc) is 2.85. The first-order valence-electron chi connectivity index (χ1n) is 11.4. The smallest absolute Gasteiger partial charge is 0.224 e. The molecular formula is C27H28N2O4. The van der Waals surface area contributed by atoms with E-state index >= 15 is 0 Å². The van der Waals surface area contributed by atoms with Crippen molar-refractivity contribution in [3.63, 3.8) is 0 Å². The van der Waals surface area contributed by atoms with Crippen molar-refractivity contribution in [1.29, 1.82) is 0 Å². The third-order valence-electron chi connectivity index (χ3n) is 6.14. The van der Waals surface area contributed by atoms with Crippen LogP contribution in [0.2, 0.25) is 0 Å². The number of amides is 1. The van der Waals surface area contributed by atoms with Gasteiger partial charge in [-0.25, -0.2) is 0 Å². The Balaban J connectivity index is 1.34. The lowest BCUT2D eigenvalue weighted by Crippen LogP contribution is -2.24.